The second-order valence-electron chi connectivity index (χ2n) is 12.0. The van der Waals surface area contributed by atoms with Gasteiger partial charge in [-0.15, -0.1) is 11.3 Å². The number of rotatable bonds is 11. The van der Waals surface area contributed by atoms with Gasteiger partial charge in [0.2, 0.25) is 0 Å². The fraction of sp³-hybridized carbons (Fsp3) is 0.515. The number of hydrogen-bond donors (Lipinski definition) is 1. The Bertz CT molecular complexity index is 1370. The Labute approximate surface area is 253 Å². The Morgan fingerprint density at radius 2 is 2.05 bits per heavy atom. The van der Waals surface area contributed by atoms with Gasteiger partial charge >= 0.3 is 5.97 Å². The van der Waals surface area contributed by atoms with Crippen molar-refractivity contribution < 1.29 is 23.4 Å². The molecule has 9 heteroatoms. The first-order valence-corrected chi connectivity index (χ1v) is 15.6. The molecule has 0 fully saturated rings. The number of methoxy groups -OCH3 is 1. The number of carbonyl (C=O) groups is 1. The average Bonchev–Trinajstić information content (AvgIpc) is 3.34. The summed E-state index contributed by atoms with van der Waals surface area (Å²) in [7, 11) is 1.59. The van der Waals surface area contributed by atoms with Gasteiger partial charge in [-0.1, -0.05) is 25.1 Å². The summed E-state index contributed by atoms with van der Waals surface area (Å²) >= 11 is 1.47. The topological polar surface area (TPSA) is 72.9 Å². The minimum Gasteiger partial charge on any atom is -0.488 e. The van der Waals surface area contributed by atoms with E-state index in [1.54, 1.807) is 7.11 Å². The predicted octanol–water partition coefficient (Wildman–Crippen LogP) is 6.66. The number of ether oxygens (including phenoxy) is 3. The summed E-state index contributed by atoms with van der Waals surface area (Å²) in [4.78, 5) is 19.3. The van der Waals surface area contributed by atoms with Crippen molar-refractivity contribution in [1.82, 2.24) is 10.3 Å². The first kappa shape index (κ1) is 31.9. The smallest absolute Gasteiger partial charge is 0.309 e. The molecule has 2 atom stereocenters. The van der Waals surface area contributed by atoms with Gasteiger partial charge in [-0.3, -0.25) is 4.79 Å². The van der Waals surface area contributed by atoms with Gasteiger partial charge in [-0.05, 0) is 87.9 Å². The molecule has 2 heterocycles. The number of likely N-dealkylation sites (N-methyl/N-ethyl adjacent to an activating group) is 1. The molecule has 1 N–H and O–H groups in total. The summed E-state index contributed by atoms with van der Waals surface area (Å²) in [6, 6.07) is 9.56. The van der Waals surface area contributed by atoms with Crippen molar-refractivity contribution in [2.24, 2.45) is 0 Å². The van der Waals surface area contributed by atoms with Gasteiger partial charge in [-0.2, -0.15) is 0 Å². The highest BCUT2D eigenvalue weighted by Crippen LogP contribution is 2.37. The third-order valence-corrected chi connectivity index (χ3v) is 8.28. The van der Waals surface area contributed by atoms with Crippen molar-refractivity contribution in [3.8, 4) is 17.0 Å². The van der Waals surface area contributed by atoms with Gasteiger partial charge in [0.25, 0.3) is 0 Å². The molecule has 0 radical (unpaired) electrons. The average molecular weight is 598 g/mol. The van der Waals surface area contributed by atoms with Crippen molar-refractivity contribution in [3.05, 3.63) is 63.8 Å². The molecule has 42 heavy (non-hydrogen) atoms. The number of nitrogens with one attached hydrogen (secondary N) is 1. The summed E-state index contributed by atoms with van der Waals surface area (Å²) in [5.74, 6) is 0.422. The molecule has 0 saturated heterocycles. The number of anilines is 1. The summed E-state index contributed by atoms with van der Waals surface area (Å²) in [6.07, 6.45) is 0.804. The summed E-state index contributed by atoms with van der Waals surface area (Å²) in [5.41, 5.74) is 5.26. The maximum Gasteiger partial charge on any atom is 0.309 e. The number of nitrogens with zero attached hydrogens (tertiary/aromatic N) is 2. The molecule has 228 valence electrons. The Hall–Kier alpha value is -3.01. The molecule has 1 aliphatic rings. The second-order valence-corrected chi connectivity index (χ2v) is 12.8. The fourth-order valence-corrected chi connectivity index (χ4v) is 6.15. The number of benzene rings is 2. The second kappa shape index (κ2) is 14.0. The monoisotopic (exact) mass is 597 g/mol. The van der Waals surface area contributed by atoms with E-state index in [1.807, 2.05) is 40.0 Å². The fourth-order valence-electron chi connectivity index (χ4n) is 5.25. The van der Waals surface area contributed by atoms with Crippen LogP contribution >= 0.6 is 11.3 Å². The molecule has 0 bridgehead atoms. The van der Waals surface area contributed by atoms with Crippen LogP contribution in [0.4, 0.5) is 9.52 Å². The molecule has 7 nitrogen and oxygen atoms in total. The van der Waals surface area contributed by atoms with Gasteiger partial charge < -0.3 is 24.4 Å². The molecule has 0 spiro atoms. The first-order chi connectivity index (χ1) is 20.0. The van der Waals surface area contributed by atoms with E-state index in [1.165, 1.54) is 34.6 Å². The third kappa shape index (κ3) is 8.30. The van der Waals surface area contributed by atoms with Crippen LogP contribution in [0.5, 0.6) is 5.75 Å². The van der Waals surface area contributed by atoms with Gasteiger partial charge in [0, 0.05) is 37.7 Å². The van der Waals surface area contributed by atoms with Gasteiger partial charge in [-0.25, -0.2) is 9.37 Å². The number of fused-ring (bicyclic) bond motifs is 1. The quantitative estimate of drug-likeness (QED) is 0.248. The van der Waals surface area contributed by atoms with Crippen LogP contribution in [0.15, 0.2) is 35.7 Å². The zero-order chi connectivity index (χ0) is 30.4. The lowest BCUT2D eigenvalue weighted by Crippen LogP contribution is -2.36. The van der Waals surface area contributed by atoms with Crippen molar-refractivity contribution >= 4 is 22.4 Å². The molecule has 0 aliphatic carbocycles. The van der Waals surface area contributed by atoms with Crippen LogP contribution in [0.25, 0.3) is 11.3 Å². The van der Waals surface area contributed by atoms with Crippen molar-refractivity contribution in [1.29, 1.82) is 0 Å². The van der Waals surface area contributed by atoms with E-state index in [4.69, 9.17) is 19.2 Å². The predicted molar refractivity (Wildman–Crippen MR) is 167 cm³/mol. The van der Waals surface area contributed by atoms with Crippen LogP contribution in [0, 0.1) is 12.7 Å². The Morgan fingerprint density at radius 1 is 1.26 bits per heavy atom. The number of hydrogen-bond acceptors (Lipinski definition) is 8. The van der Waals surface area contributed by atoms with Crippen molar-refractivity contribution in [2.75, 3.05) is 38.2 Å². The SMILES string of the molecule is CCN(C[C@H](CC(=O)OC(C)(C)C)OC)c1nc(-c2cc(F)cc(C)c2OCc2ccc3c(c2)[C@H](C)CNCC3)cs1. The van der Waals surface area contributed by atoms with E-state index < -0.39 is 5.60 Å². The molecule has 3 aromatic rings. The van der Waals surface area contributed by atoms with Crippen LogP contribution in [0.2, 0.25) is 0 Å². The molecule has 1 aromatic heterocycles. The molecule has 4 rings (SSSR count). The van der Waals surface area contributed by atoms with Crippen LogP contribution < -0.4 is 15.0 Å². The molecule has 0 saturated carbocycles. The Kier molecular flexibility index (Phi) is 10.6. The summed E-state index contributed by atoms with van der Waals surface area (Å²) in [5, 5.41) is 6.19. The van der Waals surface area contributed by atoms with Crippen LogP contribution in [0.1, 0.15) is 69.2 Å². The number of aromatic nitrogens is 1. The maximum absolute atomic E-state index is 14.7. The molecular weight excluding hydrogens is 553 g/mol. The summed E-state index contributed by atoms with van der Waals surface area (Å²) < 4.78 is 32.1. The number of esters is 1. The Balaban J connectivity index is 1.52. The van der Waals surface area contributed by atoms with E-state index in [9.17, 15) is 9.18 Å². The zero-order valence-corrected chi connectivity index (χ0v) is 26.7. The lowest BCUT2D eigenvalue weighted by atomic mass is 9.93. The highest BCUT2D eigenvalue weighted by atomic mass is 32.1. The van der Waals surface area contributed by atoms with Gasteiger partial charge in [0.1, 0.15) is 23.8 Å². The molecular formula is C33H44FN3O4S. The molecule has 0 amide bonds. The van der Waals surface area contributed by atoms with Crippen LogP contribution in [-0.4, -0.2) is 55.9 Å². The molecule has 0 unspecified atom stereocenters. The largest absolute Gasteiger partial charge is 0.488 e. The Morgan fingerprint density at radius 3 is 2.76 bits per heavy atom. The molecule has 1 aliphatic heterocycles. The normalized spacial score (nSPS) is 16.0. The molecule has 2 aromatic carbocycles. The summed E-state index contributed by atoms with van der Waals surface area (Å²) in [6.45, 7) is 15.1. The minimum atomic E-state index is -0.553. The van der Waals surface area contributed by atoms with E-state index in [0.717, 1.165) is 35.8 Å². The van der Waals surface area contributed by atoms with E-state index in [0.29, 0.717) is 42.6 Å². The minimum absolute atomic E-state index is 0.140. The van der Waals surface area contributed by atoms with Crippen molar-refractivity contribution in [2.45, 2.75) is 78.6 Å². The van der Waals surface area contributed by atoms with E-state index >= 15 is 0 Å². The highest BCUT2D eigenvalue weighted by molar-refractivity contribution is 7.14. The lowest BCUT2D eigenvalue weighted by Gasteiger charge is -2.26. The number of thiazole rings is 1. The number of carbonyl (C=O) groups excluding carboxylic acids is 1. The third-order valence-electron chi connectivity index (χ3n) is 7.38. The van der Waals surface area contributed by atoms with Gasteiger partial charge in [0.05, 0.1) is 18.2 Å². The van der Waals surface area contributed by atoms with Crippen molar-refractivity contribution in [3.63, 3.8) is 0 Å². The first-order valence-electron chi connectivity index (χ1n) is 14.7. The van der Waals surface area contributed by atoms with Gasteiger partial charge in [0.15, 0.2) is 5.13 Å². The zero-order valence-electron chi connectivity index (χ0n) is 25.9. The highest BCUT2D eigenvalue weighted by Gasteiger charge is 2.24. The van der Waals surface area contributed by atoms with Crippen LogP contribution in [0.3, 0.4) is 0 Å². The van der Waals surface area contributed by atoms with E-state index in [2.05, 4.69) is 35.3 Å². The number of halogens is 1. The maximum atomic E-state index is 14.7. The van der Waals surface area contributed by atoms with Crippen LogP contribution in [-0.2, 0) is 27.3 Å². The standard InChI is InChI=1S/C33H44FN3O4S/c1-8-37(18-26(39-7)16-30(38)41-33(4,5)6)32-36-29(20-42-32)28-15-25(34)13-21(2)31(28)40-19-23-9-10-24-11-12-35-17-22(3)27(24)14-23/h9-10,13-15,20,22,26,35H,8,11-12,16-19H2,1-7H3/t22-,26+/m1/s1. The van der Waals surface area contributed by atoms with E-state index in [-0.39, 0.29) is 24.3 Å². The number of aryl methyl sites for hydroxylation is 1. The lowest BCUT2D eigenvalue weighted by molar-refractivity contribution is -0.157.